The van der Waals surface area contributed by atoms with Crippen LogP contribution in [0.3, 0.4) is 0 Å². The molecule has 0 radical (unpaired) electrons. The summed E-state index contributed by atoms with van der Waals surface area (Å²) in [5, 5.41) is 9.15. The van der Waals surface area contributed by atoms with Gasteiger partial charge in [0.2, 0.25) is 0 Å². The third kappa shape index (κ3) is 3.15. The molecule has 1 fully saturated rings. The van der Waals surface area contributed by atoms with Crippen LogP contribution in [0.25, 0.3) is 0 Å². The van der Waals surface area contributed by atoms with E-state index in [0.717, 1.165) is 5.56 Å². The van der Waals surface area contributed by atoms with Crippen molar-refractivity contribution >= 4 is 11.9 Å². The van der Waals surface area contributed by atoms with E-state index in [0.29, 0.717) is 18.8 Å². The highest BCUT2D eigenvalue weighted by Crippen LogP contribution is 2.14. The summed E-state index contributed by atoms with van der Waals surface area (Å²) >= 11 is 0. The zero-order valence-corrected chi connectivity index (χ0v) is 11.2. The zero-order valence-electron chi connectivity index (χ0n) is 11.2. The lowest BCUT2D eigenvalue weighted by Gasteiger charge is -2.32. The second kappa shape index (κ2) is 6.49. The van der Waals surface area contributed by atoms with E-state index in [4.69, 9.17) is 14.6 Å². The highest BCUT2D eigenvalue weighted by Gasteiger charge is 2.33. The van der Waals surface area contributed by atoms with E-state index in [2.05, 4.69) is 0 Å². The van der Waals surface area contributed by atoms with Gasteiger partial charge in [0.05, 0.1) is 19.8 Å². The molecule has 0 aliphatic carbocycles. The Morgan fingerprint density at radius 3 is 3.00 bits per heavy atom. The van der Waals surface area contributed by atoms with Crippen LogP contribution in [0.1, 0.15) is 15.9 Å². The summed E-state index contributed by atoms with van der Waals surface area (Å²) in [5.41, 5.74) is 1.34. The normalized spacial score (nSPS) is 18.9. The maximum absolute atomic E-state index is 12.4. The molecule has 1 aliphatic heterocycles. The Kier molecular flexibility index (Phi) is 4.70. The Hall–Kier alpha value is -1.92. The molecule has 0 spiro atoms. The minimum Gasteiger partial charge on any atom is -0.480 e. The number of carboxylic acids is 1. The van der Waals surface area contributed by atoms with E-state index >= 15 is 0 Å². The van der Waals surface area contributed by atoms with Crippen LogP contribution in [0.5, 0.6) is 0 Å². The third-order valence-corrected chi connectivity index (χ3v) is 3.16. The van der Waals surface area contributed by atoms with Crippen molar-refractivity contribution in [3.8, 4) is 0 Å². The van der Waals surface area contributed by atoms with Crippen molar-refractivity contribution in [1.82, 2.24) is 4.90 Å². The average molecular weight is 279 g/mol. The molecule has 1 amide bonds. The summed E-state index contributed by atoms with van der Waals surface area (Å²) in [5.74, 6) is -1.34. The van der Waals surface area contributed by atoms with Gasteiger partial charge in [0, 0.05) is 19.2 Å². The number of carboxylic acid groups (broad SMARTS) is 1. The predicted octanol–water partition coefficient (Wildman–Crippen LogP) is 0.759. The van der Waals surface area contributed by atoms with Crippen molar-refractivity contribution in [2.45, 2.75) is 12.6 Å². The van der Waals surface area contributed by atoms with Crippen LogP contribution in [-0.4, -0.2) is 54.8 Å². The van der Waals surface area contributed by atoms with Gasteiger partial charge >= 0.3 is 5.97 Å². The van der Waals surface area contributed by atoms with Crippen LogP contribution >= 0.6 is 0 Å². The Balaban J connectivity index is 2.20. The largest absolute Gasteiger partial charge is 0.480 e. The molecule has 0 saturated carbocycles. The smallest absolute Gasteiger partial charge is 0.328 e. The van der Waals surface area contributed by atoms with Crippen LogP contribution in [0.15, 0.2) is 24.3 Å². The van der Waals surface area contributed by atoms with Gasteiger partial charge in [-0.25, -0.2) is 4.79 Å². The van der Waals surface area contributed by atoms with Gasteiger partial charge in [-0.15, -0.1) is 0 Å². The van der Waals surface area contributed by atoms with E-state index < -0.39 is 12.0 Å². The molecule has 6 nitrogen and oxygen atoms in total. The zero-order chi connectivity index (χ0) is 14.5. The van der Waals surface area contributed by atoms with E-state index in [9.17, 15) is 9.59 Å². The predicted molar refractivity (Wildman–Crippen MR) is 70.4 cm³/mol. The number of ether oxygens (including phenoxy) is 2. The van der Waals surface area contributed by atoms with Crippen molar-refractivity contribution in [3.05, 3.63) is 35.4 Å². The summed E-state index contributed by atoms with van der Waals surface area (Å²) in [6.45, 7) is 1.07. The SMILES string of the molecule is COCc1cccc(C(=O)N2CCOC[C@@H]2C(=O)O)c1. The lowest BCUT2D eigenvalue weighted by atomic mass is 10.1. The Morgan fingerprint density at radius 2 is 2.30 bits per heavy atom. The van der Waals surface area contributed by atoms with Gasteiger partial charge in [0.25, 0.3) is 5.91 Å². The molecule has 2 rings (SSSR count). The molecule has 0 unspecified atom stereocenters. The summed E-state index contributed by atoms with van der Waals surface area (Å²) < 4.78 is 10.2. The monoisotopic (exact) mass is 279 g/mol. The minimum absolute atomic E-state index is 0.0266. The number of nitrogens with zero attached hydrogens (tertiary/aromatic N) is 1. The highest BCUT2D eigenvalue weighted by atomic mass is 16.5. The minimum atomic E-state index is -1.05. The van der Waals surface area contributed by atoms with Gasteiger partial charge in [-0.1, -0.05) is 12.1 Å². The fraction of sp³-hybridized carbons (Fsp3) is 0.429. The number of carbonyl (C=O) groups is 2. The molecule has 1 heterocycles. The standard InChI is InChI=1S/C14H17NO5/c1-19-8-10-3-2-4-11(7-10)13(16)15-5-6-20-9-12(15)14(17)18/h2-4,7,12H,5-6,8-9H2,1H3,(H,17,18)/t12-/m1/s1. The maximum Gasteiger partial charge on any atom is 0.328 e. The number of benzene rings is 1. The number of amides is 1. The third-order valence-electron chi connectivity index (χ3n) is 3.16. The van der Waals surface area contributed by atoms with Gasteiger partial charge in [0.1, 0.15) is 0 Å². The molecule has 20 heavy (non-hydrogen) atoms. The fourth-order valence-electron chi connectivity index (χ4n) is 2.18. The fourth-order valence-corrected chi connectivity index (χ4v) is 2.18. The first-order valence-electron chi connectivity index (χ1n) is 6.33. The number of hydrogen-bond donors (Lipinski definition) is 1. The first-order chi connectivity index (χ1) is 9.63. The Labute approximate surface area is 116 Å². The topological polar surface area (TPSA) is 76.1 Å². The number of aliphatic carboxylic acids is 1. The van der Waals surface area contributed by atoms with Gasteiger partial charge < -0.3 is 19.5 Å². The molecule has 1 aromatic carbocycles. The van der Waals surface area contributed by atoms with Crippen LogP contribution < -0.4 is 0 Å². The van der Waals surface area contributed by atoms with Gasteiger partial charge in [0.15, 0.2) is 6.04 Å². The van der Waals surface area contributed by atoms with Crippen molar-refractivity contribution in [3.63, 3.8) is 0 Å². The molecule has 108 valence electrons. The molecule has 1 atom stereocenters. The summed E-state index contributed by atoms with van der Waals surface area (Å²) in [6, 6.07) is 6.09. The van der Waals surface area contributed by atoms with Crippen LogP contribution in [0.4, 0.5) is 0 Å². The molecule has 0 bridgehead atoms. The lowest BCUT2D eigenvalue weighted by Crippen LogP contribution is -2.52. The first kappa shape index (κ1) is 14.5. The second-order valence-electron chi connectivity index (χ2n) is 4.56. The number of methoxy groups -OCH3 is 1. The number of morpholine rings is 1. The maximum atomic E-state index is 12.4. The first-order valence-corrected chi connectivity index (χ1v) is 6.33. The van der Waals surface area contributed by atoms with E-state index in [-0.39, 0.29) is 19.1 Å². The van der Waals surface area contributed by atoms with Crippen LogP contribution in [0.2, 0.25) is 0 Å². The van der Waals surface area contributed by atoms with E-state index in [1.807, 2.05) is 6.07 Å². The summed E-state index contributed by atoms with van der Waals surface area (Å²) in [7, 11) is 1.58. The van der Waals surface area contributed by atoms with Crippen molar-refractivity contribution in [2.24, 2.45) is 0 Å². The average Bonchev–Trinajstić information content (AvgIpc) is 2.47. The molecule has 6 heteroatoms. The number of hydrogen-bond acceptors (Lipinski definition) is 4. The lowest BCUT2D eigenvalue weighted by molar-refractivity contribution is -0.147. The van der Waals surface area contributed by atoms with Crippen LogP contribution in [-0.2, 0) is 20.9 Å². The second-order valence-corrected chi connectivity index (χ2v) is 4.56. The molecule has 1 aliphatic rings. The molecular formula is C14H17NO5. The van der Waals surface area contributed by atoms with Crippen molar-refractivity contribution in [1.29, 1.82) is 0 Å². The van der Waals surface area contributed by atoms with Gasteiger partial charge in [-0.2, -0.15) is 0 Å². The molecule has 1 aromatic rings. The highest BCUT2D eigenvalue weighted by molar-refractivity contribution is 5.96. The van der Waals surface area contributed by atoms with E-state index in [1.54, 1.807) is 25.3 Å². The molecule has 0 aromatic heterocycles. The quantitative estimate of drug-likeness (QED) is 0.880. The van der Waals surface area contributed by atoms with Gasteiger partial charge in [-0.05, 0) is 17.7 Å². The molecule has 1 N–H and O–H groups in total. The Morgan fingerprint density at radius 1 is 1.50 bits per heavy atom. The number of rotatable bonds is 4. The summed E-state index contributed by atoms with van der Waals surface area (Å²) in [6.07, 6.45) is 0. The van der Waals surface area contributed by atoms with Gasteiger partial charge in [-0.3, -0.25) is 4.79 Å². The van der Waals surface area contributed by atoms with E-state index in [1.165, 1.54) is 4.90 Å². The summed E-state index contributed by atoms with van der Waals surface area (Å²) in [4.78, 5) is 25.0. The molecular weight excluding hydrogens is 262 g/mol. The van der Waals surface area contributed by atoms with Crippen molar-refractivity contribution < 1.29 is 24.2 Å². The van der Waals surface area contributed by atoms with Crippen LogP contribution in [0, 0.1) is 0 Å². The molecule has 1 saturated heterocycles. The number of carbonyl (C=O) groups excluding carboxylic acids is 1. The van der Waals surface area contributed by atoms with Crippen molar-refractivity contribution in [2.75, 3.05) is 26.9 Å². The Bertz CT molecular complexity index is 502.